The number of amides is 1. The normalized spacial score (nSPS) is 20.5. The van der Waals surface area contributed by atoms with Crippen LogP contribution in [0.4, 0.5) is 0 Å². The van der Waals surface area contributed by atoms with Crippen LogP contribution in [0.1, 0.15) is 20.8 Å². The van der Waals surface area contributed by atoms with E-state index in [4.69, 9.17) is 35.6 Å². The van der Waals surface area contributed by atoms with E-state index in [2.05, 4.69) is 38.8 Å². The molecule has 0 unspecified atom stereocenters. The molecule has 0 spiro atoms. The number of aromatic nitrogens is 2. The number of thiocarbonyl (C=S) groups is 1. The molecular formula is C20H35N3O6SSi. The molecule has 0 saturated carbocycles. The maximum absolute atomic E-state index is 12.6. The smallest absolute Gasteiger partial charge is 0.268 e. The van der Waals surface area contributed by atoms with E-state index < -0.39 is 14.4 Å². The zero-order valence-corrected chi connectivity index (χ0v) is 21.3. The van der Waals surface area contributed by atoms with Crippen LogP contribution in [0, 0.1) is 5.92 Å². The van der Waals surface area contributed by atoms with Crippen molar-refractivity contribution < 1.29 is 28.2 Å². The first-order valence-corrected chi connectivity index (χ1v) is 13.5. The van der Waals surface area contributed by atoms with Crippen molar-refractivity contribution in [1.29, 1.82) is 0 Å². The van der Waals surface area contributed by atoms with Crippen molar-refractivity contribution in [3.05, 3.63) is 18.7 Å². The van der Waals surface area contributed by atoms with E-state index in [-0.39, 0.29) is 48.2 Å². The van der Waals surface area contributed by atoms with Gasteiger partial charge in [0.15, 0.2) is 14.4 Å². The highest BCUT2D eigenvalue weighted by atomic mass is 32.1. The van der Waals surface area contributed by atoms with Crippen molar-refractivity contribution in [3.63, 3.8) is 0 Å². The standard InChI is InChI=1S/C20H35N3O6SSi/c1-20(2,3)31(6,7)29-11-15(10-27-19(30)22-9-8-21-12-22)16-17(28-14-26-5)18(24)23(16)13-25-4/h8-9,12,15-17H,10-11,13-14H2,1-7H3/t15-,16+,17-/m1/s1. The third-order valence-electron chi connectivity index (χ3n) is 5.91. The average Bonchev–Trinajstić information content (AvgIpc) is 3.24. The lowest BCUT2D eigenvalue weighted by molar-refractivity contribution is -0.205. The molecule has 2 rings (SSSR count). The van der Waals surface area contributed by atoms with Gasteiger partial charge in [0.05, 0.1) is 12.6 Å². The molecule has 0 N–H and O–H groups in total. The number of rotatable bonds is 11. The number of β-lactam (4-membered cyclic amide) rings is 1. The molecule has 1 aromatic rings. The fourth-order valence-corrected chi connectivity index (χ4v) is 4.28. The number of hydrogen-bond acceptors (Lipinski definition) is 8. The molecule has 1 fully saturated rings. The van der Waals surface area contributed by atoms with Gasteiger partial charge in [-0.15, -0.1) is 0 Å². The summed E-state index contributed by atoms with van der Waals surface area (Å²) in [6.07, 6.45) is 4.29. The zero-order chi connectivity index (χ0) is 23.2. The van der Waals surface area contributed by atoms with Gasteiger partial charge in [-0.05, 0) is 30.4 Å². The number of likely N-dealkylation sites (tertiary alicyclic amines) is 1. The molecule has 11 heteroatoms. The highest BCUT2D eigenvalue weighted by Gasteiger charge is 2.53. The maximum Gasteiger partial charge on any atom is 0.268 e. The Hall–Kier alpha value is -1.37. The van der Waals surface area contributed by atoms with Gasteiger partial charge in [0.2, 0.25) is 0 Å². The average molecular weight is 474 g/mol. The van der Waals surface area contributed by atoms with Gasteiger partial charge in [0.25, 0.3) is 11.1 Å². The van der Waals surface area contributed by atoms with Crippen molar-refractivity contribution in [1.82, 2.24) is 14.5 Å². The molecule has 9 nitrogen and oxygen atoms in total. The Labute approximate surface area is 191 Å². The highest BCUT2D eigenvalue weighted by molar-refractivity contribution is 7.80. The summed E-state index contributed by atoms with van der Waals surface area (Å²) in [5, 5.41) is 0.339. The molecule has 0 aromatic carbocycles. The van der Waals surface area contributed by atoms with E-state index in [0.717, 1.165) is 0 Å². The second-order valence-corrected chi connectivity index (χ2v) is 14.2. The Morgan fingerprint density at radius 2 is 1.97 bits per heavy atom. The van der Waals surface area contributed by atoms with Gasteiger partial charge in [-0.1, -0.05) is 20.8 Å². The second-order valence-electron chi connectivity index (χ2n) is 9.09. The van der Waals surface area contributed by atoms with Crippen LogP contribution in [0.15, 0.2) is 18.7 Å². The molecule has 1 saturated heterocycles. The number of ether oxygens (including phenoxy) is 4. The number of imidazole rings is 1. The van der Waals surface area contributed by atoms with Crippen molar-refractivity contribution in [2.24, 2.45) is 5.92 Å². The first-order chi connectivity index (χ1) is 14.5. The molecule has 0 radical (unpaired) electrons. The van der Waals surface area contributed by atoms with Gasteiger partial charge < -0.3 is 28.3 Å². The highest BCUT2D eigenvalue weighted by Crippen LogP contribution is 2.38. The van der Waals surface area contributed by atoms with Crippen molar-refractivity contribution >= 4 is 31.6 Å². The molecular weight excluding hydrogens is 438 g/mol. The number of hydrogen-bond donors (Lipinski definition) is 0. The van der Waals surface area contributed by atoms with Crippen LogP contribution in [0.5, 0.6) is 0 Å². The molecule has 1 aromatic heterocycles. The third-order valence-corrected chi connectivity index (χ3v) is 10.7. The molecule has 1 aliphatic rings. The van der Waals surface area contributed by atoms with Crippen molar-refractivity contribution in [2.75, 3.05) is 41.0 Å². The van der Waals surface area contributed by atoms with Gasteiger partial charge in [-0.25, -0.2) is 4.98 Å². The van der Waals surface area contributed by atoms with Crippen LogP contribution in [0.2, 0.25) is 18.1 Å². The first-order valence-electron chi connectivity index (χ1n) is 10.2. The van der Waals surface area contributed by atoms with Crippen LogP contribution < -0.4 is 0 Å². The number of nitrogens with zero attached hydrogens (tertiary/aromatic N) is 3. The quantitative estimate of drug-likeness (QED) is 0.210. The molecule has 3 atom stereocenters. The lowest BCUT2D eigenvalue weighted by atomic mass is 9.87. The minimum absolute atomic E-state index is 0.0256. The Kier molecular flexibility index (Phi) is 9.16. The molecule has 1 aliphatic heterocycles. The van der Waals surface area contributed by atoms with Gasteiger partial charge in [-0.3, -0.25) is 9.36 Å². The summed E-state index contributed by atoms with van der Waals surface area (Å²) < 4.78 is 29.9. The second kappa shape index (κ2) is 11.0. The lowest BCUT2D eigenvalue weighted by Crippen LogP contribution is -2.70. The molecule has 2 heterocycles. The molecule has 1 amide bonds. The number of carbonyl (C=O) groups is 1. The zero-order valence-electron chi connectivity index (χ0n) is 19.5. The third kappa shape index (κ3) is 6.33. The van der Waals surface area contributed by atoms with Gasteiger partial charge in [-0.2, -0.15) is 0 Å². The molecule has 0 aliphatic carbocycles. The van der Waals surface area contributed by atoms with Crippen LogP contribution in [-0.4, -0.2) is 87.0 Å². The van der Waals surface area contributed by atoms with E-state index in [9.17, 15) is 4.79 Å². The van der Waals surface area contributed by atoms with Crippen molar-refractivity contribution in [3.8, 4) is 0 Å². The fraction of sp³-hybridized carbons (Fsp3) is 0.750. The Morgan fingerprint density at radius 1 is 1.26 bits per heavy atom. The van der Waals surface area contributed by atoms with Crippen LogP contribution in [-0.2, 0) is 28.2 Å². The Balaban J connectivity index is 2.19. The monoisotopic (exact) mass is 473 g/mol. The number of methoxy groups -OCH3 is 2. The summed E-state index contributed by atoms with van der Waals surface area (Å²) in [5.41, 5.74) is 0. The van der Waals surface area contributed by atoms with E-state index in [1.54, 1.807) is 35.3 Å². The van der Waals surface area contributed by atoms with Gasteiger partial charge >= 0.3 is 0 Å². The summed E-state index contributed by atoms with van der Waals surface area (Å²) in [6, 6.07) is -0.280. The molecule has 31 heavy (non-hydrogen) atoms. The van der Waals surface area contributed by atoms with E-state index in [0.29, 0.717) is 6.61 Å². The largest absolute Gasteiger partial charge is 0.470 e. The maximum atomic E-state index is 12.6. The minimum atomic E-state index is -2.02. The summed E-state index contributed by atoms with van der Waals surface area (Å²) in [6.45, 7) is 11.8. The van der Waals surface area contributed by atoms with E-state index in [1.165, 1.54) is 7.11 Å². The summed E-state index contributed by atoms with van der Waals surface area (Å²) in [4.78, 5) is 18.2. The van der Waals surface area contributed by atoms with Crippen LogP contribution in [0.25, 0.3) is 0 Å². The van der Waals surface area contributed by atoms with Gasteiger partial charge in [0.1, 0.15) is 19.9 Å². The predicted octanol–water partition coefficient (Wildman–Crippen LogP) is 2.47. The Morgan fingerprint density at radius 3 is 2.52 bits per heavy atom. The Bertz CT molecular complexity index is 725. The fourth-order valence-electron chi connectivity index (χ4n) is 3.04. The summed E-state index contributed by atoms with van der Waals surface area (Å²) in [7, 11) is 1.06. The molecule has 176 valence electrons. The SMILES string of the molecule is COCO[C@H]1C(=O)N(COC)[C@H]1[C@H](COC(=S)n1ccnc1)CO[Si](C)(C)C(C)(C)C. The first kappa shape index (κ1) is 25.9. The predicted molar refractivity (Wildman–Crippen MR) is 122 cm³/mol. The number of carbonyl (C=O) groups excluding carboxylic acids is 1. The molecule has 0 bridgehead atoms. The van der Waals surface area contributed by atoms with E-state index >= 15 is 0 Å². The lowest BCUT2D eigenvalue weighted by Gasteiger charge is -2.50. The van der Waals surface area contributed by atoms with Crippen molar-refractivity contribution in [2.45, 2.75) is 51.0 Å². The van der Waals surface area contributed by atoms with E-state index in [1.807, 2.05) is 0 Å². The summed E-state index contributed by atoms with van der Waals surface area (Å²) in [5.74, 6) is -0.316. The van der Waals surface area contributed by atoms with Crippen LogP contribution >= 0.6 is 12.2 Å². The minimum Gasteiger partial charge on any atom is -0.470 e. The summed E-state index contributed by atoms with van der Waals surface area (Å²) >= 11 is 5.37. The topological polar surface area (TPSA) is 84.3 Å². The van der Waals surface area contributed by atoms with Crippen LogP contribution in [0.3, 0.4) is 0 Å². The van der Waals surface area contributed by atoms with Gasteiger partial charge in [0, 0.05) is 39.1 Å².